The minimum absolute atomic E-state index is 0.0216. The minimum Gasteiger partial charge on any atom is -0.478 e. The third kappa shape index (κ3) is 5.79. The first kappa shape index (κ1) is 15.6. The van der Waals surface area contributed by atoms with E-state index in [2.05, 4.69) is 12.2 Å². The summed E-state index contributed by atoms with van der Waals surface area (Å²) in [6.45, 7) is 4.06. The molecule has 0 radical (unpaired) electrons. The molecular weight excluding hydrogens is 262 g/mol. The molecule has 0 spiro atoms. The van der Waals surface area contributed by atoms with Gasteiger partial charge in [-0.3, -0.25) is 4.79 Å². The van der Waals surface area contributed by atoms with Crippen molar-refractivity contribution >= 4 is 23.6 Å². The van der Waals surface area contributed by atoms with Crippen molar-refractivity contribution < 1.29 is 14.7 Å². The predicted octanol–water partition coefficient (Wildman–Crippen LogP) is 2.78. The van der Waals surface area contributed by atoms with Crippen molar-refractivity contribution in [2.75, 3.05) is 5.75 Å². The fourth-order valence-electron chi connectivity index (χ4n) is 1.69. The van der Waals surface area contributed by atoms with Gasteiger partial charge < -0.3 is 10.4 Å². The monoisotopic (exact) mass is 281 g/mol. The summed E-state index contributed by atoms with van der Waals surface area (Å²) in [5.41, 5.74) is 0.241. The number of aromatic carboxylic acids is 1. The molecule has 1 aromatic carbocycles. The van der Waals surface area contributed by atoms with E-state index in [1.807, 2.05) is 6.92 Å². The van der Waals surface area contributed by atoms with Crippen molar-refractivity contribution in [2.24, 2.45) is 0 Å². The van der Waals surface area contributed by atoms with E-state index in [4.69, 9.17) is 5.11 Å². The molecule has 2 N–H and O–H groups in total. The molecule has 0 fully saturated rings. The number of carbonyl (C=O) groups is 2. The van der Waals surface area contributed by atoms with Crippen molar-refractivity contribution in [1.82, 2.24) is 5.32 Å². The summed E-state index contributed by atoms with van der Waals surface area (Å²) in [7, 11) is 0. The summed E-state index contributed by atoms with van der Waals surface area (Å²) >= 11 is 1.34. The Kier molecular flexibility index (Phi) is 6.42. The Morgan fingerprint density at radius 2 is 2.16 bits per heavy atom. The van der Waals surface area contributed by atoms with E-state index in [1.165, 1.54) is 17.8 Å². The molecule has 1 rings (SSSR count). The largest absolute Gasteiger partial charge is 0.478 e. The number of hydrogen-bond acceptors (Lipinski definition) is 3. The molecule has 0 aromatic heterocycles. The van der Waals surface area contributed by atoms with Crippen LogP contribution >= 0.6 is 11.8 Å². The molecular formula is C14H19NO3S. The Morgan fingerprint density at radius 3 is 2.79 bits per heavy atom. The third-order valence-electron chi connectivity index (χ3n) is 2.58. The van der Waals surface area contributed by atoms with Gasteiger partial charge in [-0.25, -0.2) is 4.79 Å². The maximum Gasteiger partial charge on any atom is 0.335 e. The molecule has 0 aliphatic heterocycles. The van der Waals surface area contributed by atoms with E-state index in [-0.39, 0.29) is 17.5 Å². The molecule has 4 nitrogen and oxygen atoms in total. The van der Waals surface area contributed by atoms with Gasteiger partial charge in [0.25, 0.3) is 0 Å². The summed E-state index contributed by atoms with van der Waals surface area (Å²) in [6.07, 6.45) is 2.00. The Bertz CT molecular complexity index is 448. The molecule has 0 bridgehead atoms. The van der Waals surface area contributed by atoms with Crippen LogP contribution in [-0.4, -0.2) is 28.8 Å². The number of carbonyl (C=O) groups excluding carboxylic acids is 1. The zero-order valence-corrected chi connectivity index (χ0v) is 12.0. The van der Waals surface area contributed by atoms with E-state index < -0.39 is 5.97 Å². The van der Waals surface area contributed by atoms with Crippen LogP contribution in [-0.2, 0) is 4.79 Å². The Hall–Kier alpha value is -1.49. The first-order valence-electron chi connectivity index (χ1n) is 6.28. The Labute approximate surface area is 117 Å². The summed E-state index contributed by atoms with van der Waals surface area (Å²) in [4.78, 5) is 23.3. The fraction of sp³-hybridized carbons (Fsp3) is 0.429. The van der Waals surface area contributed by atoms with Gasteiger partial charge in [-0.2, -0.15) is 0 Å². The molecule has 1 atom stereocenters. The van der Waals surface area contributed by atoms with Crippen molar-refractivity contribution in [3.63, 3.8) is 0 Å². The molecule has 104 valence electrons. The highest BCUT2D eigenvalue weighted by molar-refractivity contribution is 8.00. The standard InChI is InChI=1S/C14H19NO3S/c1-3-5-10(2)15-13(16)9-19-12-7-4-6-11(8-12)14(17)18/h4,6-8,10H,3,5,9H2,1-2H3,(H,15,16)(H,17,18). The number of hydrogen-bond donors (Lipinski definition) is 2. The van der Waals surface area contributed by atoms with Crippen molar-refractivity contribution in [1.29, 1.82) is 0 Å². The topological polar surface area (TPSA) is 66.4 Å². The van der Waals surface area contributed by atoms with Crippen LogP contribution in [0.25, 0.3) is 0 Å². The first-order valence-corrected chi connectivity index (χ1v) is 7.27. The number of amides is 1. The van der Waals surface area contributed by atoms with Crippen LogP contribution in [0.15, 0.2) is 29.2 Å². The number of thioether (sulfide) groups is 1. The summed E-state index contributed by atoms with van der Waals surface area (Å²) < 4.78 is 0. The van der Waals surface area contributed by atoms with Gasteiger partial charge in [0.15, 0.2) is 0 Å². The second kappa shape index (κ2) is 7.84. The van der Waals surface area contributed by atoms with Gasteiger partial charge in [0.2, 0.25) is 5.91 Å². The molecule has 1 amide bonds. The highest BCUT2D eigenvalue weighted by Crippen LogP contribution is 2.19. The lowest BCUT2D eigenvalue weighted by Gasteiger charge is -2.12. The number of nitrogens with one attached hydrogen (secondary N) is 1. The van der Waals surface area contributed by atoms with Gasteiger partial charge in [-0.15, -0.1) is 11.8 Å². The highest BCUT2D eigenvalue weighted by Gasteiger charge is 2.08. The second-order valence-corrected chi connectivity index (χ2v) is 5.43. The lowest BCUT2D eigenvalue weighted by Crippen LogP contribution is -2.33. The summed E-state index contributed by atoms with van der Waals surface area (Å²) in [6, 6.07) is 6.79. The minimum atomic E-state index is -0.955. The van der Waals surface area contributed by atoms with Crippen LogP contribution in [0, 0.1) is 0 Å². The van der Waals surface area contributed by atoms with Crippen molar-refractivity contribution in [2.45, 2.75) is 37.6 Å². The number of carboxylic acids is 1. The molecule has 1 unspecified atom stereocenters. The third-order valence-corrected chi connectivity index (χ3v) is 3.57. The van der Waals surface area contributed by atoms with Crippen molar-refractivity contribution in [3.8, 4) is 0 Å². The molecule has 0 saturated heterocycles. The van der Waals surface area contributed by atoms with Crippen LogP contribution < -0.4 is 5.32 Å². The quantitative estimate of drug-likeness (QED) is 0.754. The van der Waals surface area contributed by atoms with E-state index in [1.54, 1.807) is 18.2 Å². The fourth-order valence-corrected chi connectivity index (χ4v) is 2.46. The Morgan fingerprint density at radius 1 is 1.42 bits per heavy atom. The zero-order valence-electron chi connectivity index (χ0n) is 11.2. The second-order valence-electron chi connectivity index (χ2n) is 4.38. The van der Waals surface area contributed by atoms with Gasteiger partial charge in [0.1, 0.15) is 0 Å². The van der Waals surface area contributed by atoms with Crippen LogP contribution in [0.3, 0.4) is 0 Å². The van der Waals surface area contributed by atoms with Crippen LogP contribution in [0.4, 0.5) is 0 Å². The van der Waals surface area contributed by atoms with E-state index in [0.29, 0.717) is 5.75 Å². The number of rotatable bonds is 7. The average molecular weight is 281 g/mol. The Balaban J connectivity index is 2.46. The van der Waals surface area contributed by atoms with Gasteiger partial charge in [-0.1, -0.05) is 19.4 Å². The van der Waals surface area contributed by atoms with E-state index in [9.17, 15) is 9.59 Å². The normalized spacial score (nSPS) is 11.9. The molecule has 0 aliphatic carbocycles. The molecule has 0 heterocycles. The molecule has 0 saturated carbocycles. The highest BCUT2D eigenvalue weighted by atomic mass is 32.2. The van der Waals surface area contributed by atoms with E-state index in [0.717, 1.165) is 17.7 Å². The van der Waals surface area contributed by atoms with Gasteiger partial charge in [0, 0.05) is 10.9 Å². The molecule has 5 heteroatoms. The smallest absolute Gasteiger partial charge is 0.335 e. The first-order chi connectivity index (χ1) is 9.02. The SMILES string of the molecule is CCCC(C)NC(=O)CSc1cccc(C(=O)O)c1. The predicted molar refractivity (Wildman–Crippen MR) is 76.6 cm³/mol. The molecule has 0 aliphatic rings. The number of benzene rings is 1. The van der Waals surface area contributed by atoms with Gasteiger partial charge in [-0.05, 0) is 31.5 Å². The lowest BCUT2D eigenvalue weighted by atomic mass is 10.2. The average Bonchev–Trinajstić information content (AvgIpc) is 2.37. The van der Waals surface area contributed by atoms with E-state index >= 15 is 0 Å². The molecule has 19 heavy (non-hydrogen) atoms. The maximum atomic E-state index is 11.7. The lowest BCUT2D eigenvalue weighted by molar-refractivity contribution is -0.119. The van der Waals surface area contributed by atoms with Gasteiger partial charge >= 0.3 is 5.97 Å². The van der Waals surface area contributed by atoms with Crippen LogP contribution in [0.2, 0.25) is 0 Å². The maximum absolute atomic E-state index is 11.7. The summed E-state index contributed by atoms with van der Waals surface area (Å²) in [5, 5.41) is 11.8. The van der Waals surface area contributed by atoms with Crippen LogP contribution in [0.5, 0.6) is 0 Å². The van der Waals surface area contributed by atoms with Gasteiger partial charge in [0.05, 0.1) is 11.3 Å². The van der Waals surface area contributed by atoms with Crippen LogP contribution in [0.1, 0.15) is 37.0 Å². The summed E-state index contributed by atoms with van der Waals surface area (Å²) in [5.74, 6) is -0.674. The zero-order chi connectivity index (χ0) is 14.3. The number of carboxylic acid groups (broad SMARTS) is 1. The van der Waals surface area contributed by atoms with Crippen molar-refractivity contribution in [3.05, 3.63) is 29.8 Å². The molecule has 1 aromatic rings.